The van der Waals surface area contributed by atoms with E-state index in [1.54, 1.807) is 36.5 Å². The van der Waals surface area contributed by atoms with Crippen LogP contribution in [0.2, 0.25) is 0 Å². The molecule has 6 nitrogen and oxygen atoms in total. The summed E-state index contributed by atoms with van der Waals surface area (Å²) in [5.74, 6) is 0.210. The van der Waals surface area contributed by atoms with Crippen LogP contribution in [0.15, 0.2) is 77.9 Å². The third-order valence-electron chi connectivity index (χ3n) is 4.79. The highest BCUT2D eigenvalue weighted by atomic mass is 16.5. The summed E-state index contributed by atoms with van der Waals surface area (Å²) in [5.41, 5.74) is 3.79. The van der Waals surface area contributed by atoms with Crippen LogP contribution in [0, 0.1) is 13.8 Å². The molecule has 6 heteroatoms. The number of fused-ring (bicyclic) bond motifs is 1. The van der Waals surface area contributed by atoms with Crippen molar-refractivity contribution in [1.82, 2.24) is 9.38 Å². The molecule has 30 heavy (non-hydrogen) atoms. The van der Waals surface area contributed by atoms with Gasteiger partial charge in [-0.05, 0) is 55.3 Å². The zero-order valence-corrected chi connectivity index (χ0v) is 16.8. The number of carbonyl (C=O) groups is 1. The van der Waals surface area contributed by atoms with Gasteiger partial charge in [0.05, 0.1) is 0 Å². The number of benzene rings is 2. The number of pyridine rings is 1. The van der Waals surface area contributed by atoms with Gasteiger partial charge in [-0.25, -0.2) is 4.98 Å². The van der Waals surface area contributed by atoms with Gasteiger partial charge in [0.2, 0.25) is 0 Å². The van der Waals surface area contributed by atoms with Gasteiger partial charge in [-0.2, -0.15) is 0 Å². The molecule has 1 amide bonds. The van der Waals surface area contributed by atoms with E-state index in [1.807, 2.05) is 38.1 Å². The third-order valence-corrected chi connectivity index (χ3v) is 4.79. The van der Waals surface area contributed by atoms with Gasteiger partial charge in [0.15, 0.2) is 0 Å². The number of nitrogens with one attached hydrogen (secondary N) is 1. The molecular formula is C24H21N3O3. The lowest BCUT2D eigenvalue weighted by Crippen LogP contribution is -2.26. The molecule has 0 aliphatic carbocycles. The van der Waals surface area contributed by atoms with Crippen molar-refractivity contribution >= 4 is 17.2 Å². The van der Waals surface area contributed by atoms with Gasteiger partial charge in [0.25, 0.3) is 11.5 Å². The van der Waals surface area contributed by atoms with Crippen molar-refractivity contribution in [2.24, 2.45) is 0 Å². The fraction of sp³-hybridized carbons (Fsp3) is 0.125. The smallest absolute Gasteiger partial charge is 0.270 e. The molecule has 0 spiro atoms. The van der Waals surface area contributed by atoms with Crippen molar-refractivity contribution in [3.63, 3.8) is 0 Å². The SMILES string of the molecule is Cc1cccc(COc2ccc(NC(=O)c3cnc4ccccn4c3=O)c(C)c2)c1. The van der Waals surface area contributed by atoms with Gasteiger partial charge in [-0.3, -0.25) is 14.0 Å². The fourth-order valence-corrected chi connectivity index (χ4v) is 3.21. The van der Waals surface area contributed by atoms with Crippen LogP contribution in [0.4, 0.5) is 5.69 Å². The van der Waals surface area contributed by atoms with Crippen LogP contribution in [0.5, 0.6) is 5.75 Å². The van der Waals surface area contributed by atoms with E-state index in [2.05, 4.69) is 16.4 Å². The van der Waals surface area contributed by atoms with Gasteiger partial charge in [-0.15, -0.1) is 0 Å². The van der Waals surface area contributed by atoms with Crippen molar-refractivity contribution in [1.29, 1.82) is 0 Å². The number of carbonyl (C=O) groups excluding carboxylic acids is 1. The first-order valence-corrected chi connectivity index (χ1v) is 9.58. The summed E-state index contributed by atoms with van der Waals surface area (Å²) < 4.78 is 7.21. The number of rotatable bonds is 5. The predicted octanol–water partition coefficient (Wildman–Crippen LogP) is 4.14. The van der Waals surface area contributed by atoms with E-state index in [0.717, 1.165) is 11.1 Å². The second kappa shape index (κ2) is 8.21. The largest absolute Gasteiger partial charge is 0.489 e. The Labute approximate surface area is 173 Å². The van der Waals surface area contributed by atoms with Gasteiger partial charge >= 0.3 is 0 Å². The Morgan fingerprint density at radius 2 is 1.93 bits per heavy atom. The van der Waals surface area contributed by atoms with Crippen LogP contribution in [-0.4, -0.2) is 15.3 Å². The van der Waals surface area contributed by atoms with Crippen molar-refractivity contribution < 1.29 is 9.53 Å². The summed E-state index contributed by atoms with van der Waals surface area (Å²) in [6, 6.07) is 18.8. The molecule has 0 radical (unpaired) electrons. The lowest BCUT2D eigenvalue weighted by Gasteiger charge is -2.12. The van der Waals surface area contributed by atoms with Crippen LogP contribution < -0.4 is 15.6 Å². The highest BCUT2D eigenvalue weighted by molar-refractivity contribution is 6.04. The summed E-state index contributed by atoms with van der Waals surface area (Å²) in [5, 5.41) is 2.79. The topological polar surface area (TPSA) is 72.7 Å². The molecule has 150 valence electrons. The number of anilines is 1. The minimum Gasteiger partial charge on any atom is -0.489 e. The molecule has 2 aromatic carbocycles. The van der Waals surface area contributed by atoms with Crippen molar-refractivity contribution in [3.8, 4) is 5.75 Å². The molecule has 4 aromatic rings. The van der Waals surface area contributed by atoms with Gasteiger partial charge in [0, 0.05) is 18.1 Å². The minimum atomic E-state index is -0.498. The number of aryl methyl sites for hydroxylation is 2. The Kier molecular flexibility index (Phi) is 5.30. The van der Waals surface area contributed by atoms with Crippen LogP contribution in [0.3, 0.4) is 0 Å². The maximum absolute atomic E-state index is 12.7. The molecule has 4 rings (SSSR count). The first-order chi connectivity index (χ1) is 14.5. The number of amides is 1. The first-order valence-electron chi connectivity index (χ1n) is 9.58. The summed E-state index contributed by atoms with van der Waals surface area (Å²) >= 11 is 0. The van der Waals surface area contributed by atoms with E-state index < -0.39 is 11.5 Å². The molecule has 0 aliphatic heterocycles. The quantitative estimate of drug-likeness (QED) is 0.547. The summed E-state index contributed by atoms with van der Waals surface area (Å²) in [4.78, 5) is 29.4. The van der Waals surface area contributed by atoms with Gasteiger partial charge in [-0.1, -0.05) is 35.9 Å². The van der Waals surface area contributed by atoms with E-state index in [4.69, 9.17) is 4.74 Å². The third kappa shape index (κ3) is 4.07. The second-order valence-corrected chi connectivity index (χ2v) is 7.11. The lowest BCUT2D eigenvalue weighted by molar-refractivity contribution is 0.102. The molecule has 2 heterocycles. The molecule has 0 bridgehead atoms. The maximum Gasteiger partial charge on any atom is 0.270 e. The Balaban J connectivity index is 1.49. The fourth-order valence-electron chi connectivity index (χ4n) is 3.21. The number of nitrogens with zero attached hydrogens (tertiary/aromatic N) is 2. The molecule has 0 aliphatic rings. The number of ether oxygens (including phenoxy) is 1. The maximum atomic E-state index is 12.7. The van der Waals surface area contributed by atoms with Crippen LogP contribution >= 0.6 is 0 Å². The van der Waals surface area contributed by atoms with Crippen LogP contribution in [0.25, 0.3) is 5.65 Å². The summed E-state index contributed by atoms with van der Waals surface area (Å²) in [7, 11) is 0. The Hall–Kier alpha value is -3.93. The van der Waals surface area contributed by atoms with Crippen LogP contribution in [0.1, 0.15) is 27.0 Å². The molecule has 0 saturated heterocycles. The number of hydrogen-bond donors (Lipinski definition) is 1. The Morgan fingerprint density at radius 1 is 1.07 bits per heavy atom. The second-order valence-electron chi connectivity index (χ2n) is 7.11. The van der Waals surface area contributed by atoms with Gasteiger partial charge < -0.3 is 10.1 Å². The lowest BCUT2D eigenvalue weighted by atomic mass is 10.1. The normalized spacial score (nSPS) is 10.7. The summed E-state index contributed by atoms with van der Waals surface area (Å²) in [6.07, 6.45) is 2.90. The highest BCUT2D eigenvalue weighted by Crippen LogP contribution is 2.22. The Morgan fingerprint density at radius 3 is 2.73 bits per heavy atom. The van der Waals surface area contributed by atoms with E-state index in [-0.39, 0.29) is 5.56 Å². The molecule has 1 N–H and O–H groups in total. The molecule has 0 atom stereocenters. The zero-order valence-electron chi connectivity index (χ0n) is 16.8. The molecular weight excluding hydrogens is 378 g/mol. The first kappa shape index (κ1) is 19.4. The van der Waals surface area contributed by atoms with Crippen molar-refractivity contribution in [3.05, 3.63) is 106 Å². The average Bonchev–Trinajstić information content (AvgIpc) is 2.74. The summed E-state index contributed by atoms with van der Waals surface area (Å²) in [6.45, 7) is 4.38. The standard InChI is InChI=1S/C24H21N3O3/c1-16-6-5-7-18(12-16)15-30-19-9-10-21(17(2)13-19)26-23(28)20-14-25-22-8-3-4-11-27(22)24(20)29/h3-14H,15H2,1-2H3,(H,26,28). The van der Waals surface area contributed by atoms with E-state index in [0.29, 0.717) is 23.7 Å². The van der Waals surface area contributed by atoms with Crippen molar-refractivity contribution in [2.45, 2.75) is 20.5 Å². The molecule has 0 fully saturated rings. The van der Waals surface area contributed by atoms with E-state index in [9.17, 15) is 9.59 Å². The van der Waals surface area contributed by atoms with E-state index in [1.165, 1.54) is 16.2 Å². The number of hydrogen-bond acceptors (Lipinski definition) is 4. The Bertz CT molecular complexity index is 1290. The predicted molar refractivity (Wildman–Crippen MR) is 116 cm³/mol. The molecule has 0 unspecified atom stereocenters. The number of aromatic nitrogens is 2. The minimum absolute atomic E-state index is 0.0159. The average molecular weight is 399 g/mol. The van der Waals surface area contributed by atoms with Crippen LogP contribution in [-0.2, 0) is 6.61 Å². The van der Waals surface area contributed by atoms with Crippen molar-refractivity contribution in [2.75, 3.05) is 5.32 Å². The van der Waals surface area contributed by atoms with Gasteiger partial charge in [0.1, 0.15) is 23.6 Å². The monoisotopic (exact) mass is 399 g/mol. The van der Waals surface area contributed by atoms with E-state index >= 15 is 0 Å². The highest BCUT2D eigenvalue weighted by Gasteiger charge is 2.14. The molecule has 2 aromatic heterocycles. The zero-order chi connectivity index (χ0) is 21.1. The molecule has 0 saturated carbocycles.